The number of hydrogen-bond donors (Lipinski definition) is 1. The second kappa shape index (κ2) is 10.9. The van der Waals surface area contributed by atoms with Crippen LogP contribution in [-0.4, -0.2) is 37.5 Å². The van der Waals surface area contributed by atoms with Gasteiger partial charge < -0.3 is 19.7 Å². The van der Waals surface area contributed by atoms with E-state index in [-0.39, 0.29) is 17.9 Å². The van der Waals surface area contributed by atoms with Crippen LogP contribution >= 0.6 is 0 Å². The summed E-state index contributed by atoms with van der Waals surface area (Å²) < 4.78 is 10.5. The van der Waals surface area contributed by atoms with Crippen LogP contribution in [0.3, 0.4) is 0 Å². The molecule has 1 heterocycles. The van der Waals surface area contributed by atoms with E-state index in [9.17, 15) is 9.59 Å². The molecule has 1 aliphatic heterocycles. The fourth-order valence-corrected chi connectivity index (χ4v) is 4.18. The van der Waals surface area contributed by atoms with E-state index in [2.05, 4.69) is 5.32 Å². The number of amides is 2. The number of rotatable bonds is 9. The minimum Gasteiger partial charge on any atom is -0.497 e. The Kier molecular flexibility index (Phi) is 7.48. The first-order valence-electron chi connectivity index (χ1n) is 11.5. The van der Waals surface area contributed by atoms with E-state index in [1.807, 2.05) is 77.7 Å². The van der Waals surface area contributed by atoms with Gasteiger partial charge in [-0.25, -0.2) is 0 Å². The van der Waals surface area contributed by atoms with Gasteiger partial charge in [-0.1, -0.05) is 36.4 Å². The Morgan fingerprint density at radius 2 is 1.47 bits per heavy atom. The van der Waals surface area contributed by atoms with Gasteiger partial charge in [0, 0.05) is 25.1 Å². The van der Waals surface area contributed by atoms with Crippen molar-refractivity contribution >= 4 is 11.8 Å². The van der Waals surface area contributed by atoms with Gasteiger partial charge >= 0.3 is 0 Å². The minimum absolute atomic E-state index is 0.141. The van der Waals surface area contributed by atoms with Crippen LogP contribution in [0.1, 0.15) is 45.9 Å². The Balaban J connectivity index is 1.48. The highest BCUT2D eigenvalue weighted by molar-refractivity contribution is 5.94. The number of ether oxygens (including phenoxy) is 2. The van der Waals surface area contributed by atoms with Gasteiger partial charge in [-0.05, 0) is 65.9 Å². The minimum atomic E-state index is -0.214. The molecule has 3 aromatic rings. The molecular weight excluding hydrogens is 428 g/mol. The maximum atomic E-state index is 13.1. The summed E-state index contributed by atoms with van der Waals surface area (Å²) in [4.78, 5) is 26.9. The third-order valence-electron chi connectivity index (χ3n) is 6.18. The summed E-state index contributed by atoms with van der Waals surface area (Å²) in [6, 6.07) is 22.9. The molecule has 34 heavy (non-hydrogen) atoms. The summed E-state index contributed by atoms with van der Waals surface area (Å²) >= 11 is 0. The van der Waals surface area contributed by atoms with Crippen LogP contribution < -0.4 is 14.8 Å². The van der Waals surface area contributed by atoms with E-state index in [1.54, 1.807) is 14.2 Å². The molecular formula is C28H30N2O4. The smallest absolute Gasteiger partial charge is 0.251 e. The molecule has 1 aliphatic rings. The Hall–Kier alpha value is -3.80. The predicted molar refractivity (Wildman–Crippen MR) is 131 cm³/mol. The molecule has 1 atom stereocenters. The monoisotopic (exact) mass is 458 g/mol. The van der Waals surface area contributed by atoms with Crippen molar-refractivity contribution in [3.8, 4) is 11.5 Å². The van der Waals surface area contributed by atoms with Crippen LogP contribution in [0, 0.1) is 0 Å². The Morgan fingerprint density at radius 3 is 2.03 bits per heavy atom. The number of nitrogens with one attached hydrogen (secondary N) is 1. The third-order valence-corrected chi connectivity index (χ3v) is 6.18. The molecule has 1 fully saturated rings. The zero-order valence-corrected chi connectivity index (χ0v) is 19.6. The third kappa shape index (κ3) is 5.76. The first-order valence-corrected chi connectivity index (χ1v) is 11.5. The van der Waals surface area contributed by atoms with Crippen LogP contribution in [0.4, 0.5) is 0 Å². The highest BCUT2D eigenvalue weighted by atomic mass is 16.5. The van der Waals surface area contributed by atoms with Crippen molar-refractivity contribution in [1.82, 2.24) is 10.2 Å². The topological polar surface area (TPSA) is 67.9 Å². The zero-order chi connectivity index (χ0) is 23.9. The van der Waals surface area contributed by atoms with Gasteiger partial charge in [0.1, 0.15) is 11.5 Å². The lowest BCUT2D eigenvalue weighted by atomic mass is 9.98. The SMILES string of the molecule is COc1ccc(CC(NC(=O)c2ccc(CN3CCCC3=O)cc2)c2ccc(OC)cc2)cc1. The molecule has 1 N–H and O–H groups in total. The fraction of sp³-hybridized carbons (Fsp3) is 0.286. The largest absolute Gasteiger partial charge is 0.497 e. The van der Waals surface area contributed by atoms with E-state index >= 15 is 0 Å². The molecule has 6 nitrogen and oxygen atoms in total. The molecule has 4 rings (SSSR count). The number of carbonyl (C=O) groups is 2. The summed E-state index contributed by atoms with van der Waals surface area (Å²) in [6.45, 7) is 1.39. The van der Waals surface area contributed by atoms with Gasteiger partial charge in [0.05, 0.1) is 20.3 Å². The second-order valence-electron chi connectivity index (χ2n) is 8.47. The van der Waals surface area contributed by atoms with Gasteiger partial charge in [-0.2, -0.15) is 0 Å². The van der Waals surface area contributed by atoms with Gasteiger partial charge in [0.15, 0.2) is 0 Å². The van der Waals surface area contributed by atoms with Crippen molar-refractivity contribution in [2.24, 2.45) is 0 Å². The van der Waals surface area contributed by atoms with Crippen molar-refractivity contribution in [2.45, 2.75) is 31.8 Å². The van der Waals surface area contributed by atoms with E-state index < -0.39 is 0 Å². The first-order chi connectivity index (χ1) is 16.6. The van der Waals surface area contributed by atoms with Crippen molar-refractivity contribution in [2.75, 3.05) is 20.8 Å². The molecule has 0 saturated carbocycles. The number of hydrogen-bond acceptors (Lipinski definition) is 4. The average Bonchev–Trinajstić information content (AvgIpc) is 3.28. The van der Waals surface area contributed by atoms with E-state index in [1.165, 1.54) is 0 Å². The number of methoxy groups -OCH3 is 2. The zero-order valence-electron chi connectivity index (χ0n) is 19.6. The van der Waals surface area contributed by atoms with Crippen LogP contribution in [0.15, 0.2) is 72.8 Å². The van der Waals surface area contributed by atoms with Crippen molar-refractivity contribution in [1.29, 1.82) is 0 Å². The Morgan fingerprint density at radius 1 is 0.882 bits per heavy atom. The van der Waals surface area contributed by atoms with E-state index in [4.69, 9.17) is 9.47 Å². The lowest BCUT2D eigenvalue weighted by Crippen LogP contribution is -2.30. The molecule has 0 radical (unpaired) electrons. The standard InChI is InChI=1S/C28H30N2O4/c1-33-24-13-7-20(8-14-24)18-26(22-11-15-25(34-2)16-12-22)29-28(32)23-9-5-21(6-10-23)19-30-17-3-4-27(30)31/h5-16,26H,3-4,17-19H2,1-2H3,(H,29,32). The second-order valence-corrected chi connectivity index (χ2v) is 8.47. The Bertz CT molecular complexity index is 1110. The molecule has 176 valence electrons. The molecule has 0 aliphatic carbocycles. The number of carbonyl (C=O) groups excluding carboxylic acids is 2. The summed E-state index contributed by atoms with van der Waals surface area (Å²) in [5.74, 6) is 1.62. The predicted octanol–water partition coefficient (Wildman–Crippen LogP) is 4.54. The maximum Gasteiger partial charge on any atom is 0.251 e. The Labute approximate surface area is 200 Å². The highest BCUT2D eigenvalue weighted by Crippen LogP contribution is 2.23. The molecule has 1 saturated heterocycles. The average molecular weight is 459 g/mol. The van der Waals surface area contributed by atoms with Crippen LogP contribution in [-0.2, 0) is 17.8 Å². The first kappa shape index (κ1) is 23.4. The number of likely N-dealkylation sites (tertiary alicyclic amines) is 1. The lowest BCUT2D eigenvalue weighted by molar-refractivity contribution is -0.128. The summed E-state index contributed by atoms with van der Waals surface area (Å²) in [6.07, 6.45) is 2.18. The van der Waals surface area contributed by atoms with E-state index in [0.29, 0.717) is 24.9 Å². The highest BCUT2D eigenvalue weighted by Gasteiger charge is 2.21. The summed E-state index contributed by atoms with van der Waals surface area (Å²) in [5.41, 5.74) is 3.70. The molecule has 2 amide bonds. The number of nitrogens with zero attached hydrogens (tertiary/aromatic N) is 1. The molecule has 0 aromatic heterocycles. The van der Waals surface area contributed by atoms with Gasteiger partial charge in [-0.3, -0.25) is 9.59 Å². The van der Waals surface area contributed by atoms with Gasteiger partial charge in [0.2, 0.25) is 5.91 Å². The van der Waals surface area contributed by atoms with E-state index in [0.717, 1.165) is 41.2 Å². The summed E-state index contributed by atoms with van der Waals surface area (Å²) in [5, 5.41) is 3.19. The number of benzene rings is 3. The molecule has 0 bridgehead atoms. The fourth-order valence-electron chi connectivity index (χ4n) is 4.18. The summed E-state index contributed by atoms with van der Waals surface area (Å²) in [7, 11) is 3.28. The van der Waals surface area contributed by atoms with Gasteiger partial charge in [-0.15, -0.1) is 0 Å². The van der Waals surface area contributed by atoms with Crippen molar-refractivity contribution in [3.05, 3.63) is 95.1 Å². The lowest BCUT2D eigenvalue weighted by Gasteiger charge is -2.20. The van der Waals surface area contributed by atoms with Crippen LogP contribution in [0.25, 0.3) is 0 Å². The van der Waals surface area contributed by atoms with Crippen molar-refractivity contribution < 1.29 is 19.1 Å². The van der Waals surface area contributed by atoms with Crippen molar-refractivity contribution in [3.63, 3.8) is 0 Å². The molecule has 6 heteroatoms. The molecule has 3 aromatic carbocycles. The van der Waals surface area contributed by atoms with Crippen LogP contribution in [0.5, 0.6) is 11.5 Å². The maximum absolute atomic E-state index is 13.1. The molecule has 1 unspecified atom stereocenters. The van der Waals surface area contributed by atoms with Crippen LogP contribution in [0.2, 0.25) is 0 Å². The van der Waals surface area contributed by atoms with Gasteiger partial charge in [0.25, 0.3) is 5.91 Å². The molecule has 0 spiro atoms. The quantitative estimate of drug-likeness (QED) is 0.511. The normalized spacial score (nSPS) is 14.1.